The molecule has 0 atom stereocenters. The third kappa shape index (κ3) is 6.55. The van der Waals surface area contributed by atoms with Crippen molar-refractivity contribution in [1.82, 2.24) is 5.32 Å². The molecule has 0 saturated carbocycles. The van der Waals surface area contributed by atoms with Crippen LogP contribution in [0, 0.1) is 5.82 Å². The minimum Gasteiger partial charge on any atom is -0.493 e. The van der Waals surface area contributed by atoms with E-state index in [9.17, 15) is 9.18 Å². The summed E-state index contributed by atoms with van der Waals surface area (Å²) in [5, 5.41) is 5.43. The number of fused-ring (bicyclic) bond motifs is 2. The first-order valence-electron chi connectivity index (χ1n) is 13.3. The molecular formula is C32H31FN2O3S. The van der Waals surface area contributed by atoms with Crippen molar-refractivity contribution < 1.29 is 18.7 Å². The Morgan fingerprint density at radius 2 is 1.54 bits per heavy atom. The van der Waals surface area contributed by atoms with Crippen LogP contribution in [0.4, 0.5) is 10.1 Å². The molecule has 1 heterocycles. The van der Waals surface area contributed by atoms with Gasteiger partial charge in [0.15, 0.2) is 5.11 Å². The van der Waals surface area contributed by atoms with E-state index < -0.39 is 0 Å². The van der Waals surface area contributed by atoms with Crippen LogP contribution >= 0.6 is 12.2 Å². The molecule has 1 aliphatic rings. The normalized spacial score (nSPS) is 12.6. The Labute approximate surface area is 233 Å². The summed E-state index contributed by atoms with van der Waals surface area (Å²) in [6, 6.07) is 25.8. The third-order valence-corrected chi connectivity index (χ3v) is 7.16. The fourth-order valence-electron chi connectivity index (χ4n) is 4.84. The lowest BCUT2D eigenvalue weighted by Gasteiger charge is -2.32. The molecule has 1 amide bonds. The summed E-state index contributed by atoms with van der Waals surface area (Å²) in [5.41, 5.74) is 2.41. The first-order valence-corrected chi connectivity index (χ1v) is 13.7. The predicted molar refractivity (Wildman–Crippen MR) is 157 cm³/mol. The van der Waals surface area contributed by atoms with Crippen molar-refractivity contribution in [1.29, 1.82) is 0 Å². The topological polar surface area (TPSA) is 50.8 Å². The smallest absolute Gasteiger partial charge is 0.257 e. The van der Waals surface area contributed by atoms with Crippen molar-refractivity contribution in [2.45, 2.75) is 32.1 Å². The molecule has 0 unspecified atom stereocenters. The van der Waals surface area contributed by atoms with E-state index in [4.69, 9.17) is 21.7 Å². The number of hydrogen-bond acceptors (Lipinski definition) is 4. The number of benzene rings is 4. The molecule has 1 N–H and O–H groups in total. The zero-order chi connectivity index (χ0) is 27.0. The van der Waals surface area contributed by atoms with Gasteiger partial charge in [0.05, 0.1) is 13.2 Å². The highest BCUT2D eigenvalue weighted by molar-refractivity contribution is 7.80. The molecule has 200 valence electrons. The van der Waals surface area contributed by atoms with Gasteiger partial charge in [-0.3, -0.25) is 10.1 Å². The minimum absolute atomic E-state index is 0.327. The highest BCUT2D eigenvalue weighted by atomic mass is 32.1. The van der Waals surface area contributed by atoms with Gasteiger partial charge >= 0.3 is 0 Å². The molecule has 4 aromatic rings. The van der Waals surface area contributed by atoms with Crippen LogP contribution in [0.1, 0.15) is 41.6 Å². The lowest BCUT2D eigenvalue weighted by molar-refractivity contribution is 0.0977. The quantitative estimate of drug-likeness (QED) is 0.181. The lowest BCUT2D eigenvalue weighted by Crippen LogP contribution is -2.45. The Hall–Kier alpha value is -3.97. The van der Waals surface area contributed by atoms with Crippen LogP contribution in [0.15, 0.2) is 84.9 Å². The number of nitrogens with one attached hydrogen (secondary N) is 1. The number of ether oxygens (including phenoxy) is 2. The Balaban J connectivity index is 1.10. The average molecular weight is 543 g/mol. The molecule has 0 bridgehead atoms. The second-order valence-corrected chi connectivity index (χ2v) is 9.90. The van der Waals surface area contributed by atoms with Gasteiger partial charge in [-0.25, -0.2) is 4.39 Å². The highest BCUT2D eigenvalue weighted by Gasteiger charge is 2.24. The van der Waals surface area contributed by atoms with E-state index in [-0.39, 0.29) is 11.7 Å². The van der Waals surface area contributed by atoms with Crippen LogP contribution in [0.2, 0.25) is 0 Å². The number of halogens is 1. The number of amides is 1. The Bertz CT molecular complexity index is 1450. The van der Waals surface area contributed by atoms with Gasteiger partial charge in [-0.1, -0.05) is 42.5 Å². The lowest BCUT2D eigenvalue weighted by atomic mass is 10.0. The SMILES string of the molecule is O=C(NC(=S)N1CCCc2c(OCCCCCOc3cccc4ccccc34)cccc21)c1ccc(F)cc1. The van der Waals surface area contributed by atoms with Gasteiger partial charge < -0.3 is 14.4 Å². The second-order valence-electron chi connectivity index (χ2n) is 9.51. The summed E-state index contributed by atoms with van der Waals surface area (Å²) in [7, 11) is 0. The summed E-state index contributed by atoms with van der Waals surface area (Å²) in [6.45, 7) is 2.00. The van der Waals surface area contributed by atoms with Gasteiger partial charge in [0.2, 0.25) is 0 Å². The van der Waals surface area contributed by atoms with Crippen molar-refractivity contribution in [2.75, 3.05) is 24.7 Å². The van der Waals surface area contributed by atoms with E-state index in [2.05, 4.69) is 23.5 Å². The van der Waals surface area contributed by atoms with E-state index in [1.54, 1.807) is 0 Å². The largest absolute Gasteiger partial charge is 0.493 e. The van der Waals surface area contributed by atoms with Crippen molar-refractivity contribution in [3.8, 4) is 11.5 Å². The van der Waals surface area contributed by atoms with Crippen molar-refractivity contribution in [2.24, 2.45) is 0 Å². The number of nitrogens with zero attached hydrogens (tertiary/aromatic N) is 1. The van der Waals surface area contributed by atoms with Gasteiger partial charge in [0.25, 0.3) is 5.91 Å². The molecule has 0 spiro atoms. The van der Waals surface area contributed by atoms with Crippen molar-refractivity contribution in [3.05, 3.63) is 102 Å². The number of rotatable bonds is 9. The average Bonchev–Trinajstić information content (AvgIpc) is 2.96. The number of carbonyl (C=O) groups is 1. The van der Waals surface area contributed by atoms with Crippen LogP contribution in [0.25, 0.3) is 10.8 Å². The van der Waals surface area contributed by atoms with Gasteiger partial charge in [-0.15, -0.1) is 0 Å². The summed E-state index contributed by atoms with van der Waals surface area (Å²) in [6.07, 6.45) is 4.67. The minimum atomic E-state index is -0.388. The maximum absolute atomic E-state index is 13.2. The third-order valence-electron chi connectivity index (χ3n) is 6.83. The van der Waals surface area contributed by atoms with Crippen LogP contribution < -0.4 is 19.7 Å². The Kier molecular flexibility index (Phi) is 8.68. The molecule has 0 aromatic heterocycles. The molecule has 0 radical (unpaired) electrons. The highest BCUT2D eigenvalue weighted by Crippen LogP contribution is 2.34. The van der Waals surface area contributed by atoms with Crippen molar-refractivity contribution >= 4 is 39.7 Å². The summed E-state index contributed by atoms with van der Waals surface area (Å²) in [4.78, 5) is 14.5. The zero-order valence-corrected chi connectivity index (χ0v) is 22.5. The van der Waals surface area contributed by atoms with Gasteiger partial charge in [-0.2, -0.15) is 0 Å². The molecular weight excluding hydrogens is 511 g/mol. The first kappa shape index (κ1) is 26.6. The molecule has 4 aromatic carbocycles. The van der Waals surface area contributed by atoms with Gasteiger partial charge in [-0.05, 0) is 92.2 Å². The number of hydrogen-bond donors (Lipinski definition) is 1. The number of thiocarbonyl (C=S) groups is 1. The van der Waals surface area contributed by atoms with Crippen LogP contribution in [-0.4, -0.2) is 30.8 Å². The number of unbranched alkanes of at least 4 members (excludes halogenated alkanes) is 2. The summed E-state index contributed by atoms with van der Waals surface area (Å²) in [5.74, 6) is 1.04. The van der Waals surface area contributed by atoms with Gasteiger partial charge in [0, 0.05) is 28.7 Å². The van der Waals surface area contributed by atoms with Gasteiger partial charge in [0.1, 0.15) is 17.3 Å². The molecule has 0 fully saturated rings. The number of anilines is 1. The fraction of sp³-hybridized carbons (Fsp3) is 0.250. The second kappa shape index (κ2) is 12.7. The maximum atomic E-state index is 13.2. The van der Waals surface area contributed by atoms with E-state index >= 15 is 0 Å². The molecule has 5 nitrogen and oxygen atoms in total. The Morgan fingerprint density at radius 3 is 2.36 bits per heavy atom. The van der Waals surface area contributed by atoms with Crippen LogP contribution in [0.5, 0.6) is 11.5 Å². The molecule has 1 aliphatic heterocycles. The van der Waals surface area contributed by atoms with E-state index in [0.29, 0.717) is 30.4 Å². The fourth-order valence-corrected chi connectivity index (χ4v) is 5.13. The molecule has 0 aliphatic carbocycles. The molecule has 39 heavy (non-hydrogen) atoms. The van der Waals surface area contributed by atoms with Crippen LogP contribution in [-0.2, 0) is 6.42 Å². The summed E-state index contributed by atoms with van der Waals surface area (Å²) < 4.78 is 25.4. The Morgan fingerprint density at radius 1 is 0.846 bits per heavy atom. The zero-order valence-electron chi connectivity index (χ0n) is 21.7. The van der Waals surface area contributed by atoms with E-state index in [1.807, 2.05) is 47.4 Å². The van der Waals surface area contributed by atoms with E-state index in [1.165, 1.54) is 29.7 Å². The standard InChI is InChI=1S/C32H31FN2O3S/c33-25-18-16-24(17-19-25)31(36)34-32(39)35-20-8-12-27-28(35)13-7-15-30(27)38-22-5-1-4-21-37-29-14-6-10-23-9-2-3-11-26(23)29/h2-3,6-7,9-11,13-19H,1,4-5,8,12,20-22H2,(H,34,36,39). The predicted octanol–water partition coefficient (Wildman–Crippen LogP) is 7.07. The molecule has 5 rings (SSSR count). The first-order chi connectivity index (χ1) is 19.1. The molecule has 7 heteroatoms. The van der Waals surface area contributed by atoms with Crippen LogP contribution in [0.3, 0.4) is 0 Å². The van der Waals surface area contributed by atoms with E-state index in [0.717, 1.165) is 60.2 Å². The molecule has 0 saturated heterocycles. The summed E-state index contributed by atoms with van der Waals surface area (Å²) >= 11 is 5.57. The van der Waals surface area contributed by atoms with Crippen molar-refractivity contribution in [3.63, 3.8) is 0 Å². The number of carbonyl (C=O) groups excluding carboxylic acids is 1. The maximum Gasteiger partial charge on any atom is 0.257 e. The monoisotopic (exact) mass is 542 g/mol.